The van der Waals surface area contributed by atoms with E-state index in [1.54, 1.807) is 7.11 Å². The Kier molecular flexibility index (Phi) is 6.19. The van der Waals surface area contributed by atoms with Crippen LogP contribution in [0.3, 0.4) is 0 Å². The zero-order valence-corrected chi connectivity index (χ0v) is 20.6. The van der Waals surface area contributed by atoms with Gasteiger partial charge in [0.2, 0.25) is 0 Å². The summed E-state index contributed by atoms with van der Waals surface area (Å²) < 4.78 is 17.1. The highest BCUT2D eigenvalue weighted by molar-refractivity contribution is 5.73. The third kappa shape index (κ3) is 4.54. The number of ether oxygens (including phenoxy) is 3. The van der Waals surface area contributed by atoms with Gasteiger partial charge < -0.3 is 19.5 Å². The van der Waals surface area contributed by atoms with Gasteiger partial charge in [-0.1, -0.05) is 36.4 Å². The average molecular weight is 477 g/mol. The summed E-state index contributed by atoms with van der Waals surface area (Å²) in [7, 11) is 1.68. The monoisotopic (exact) mass is 476 g/mol. The normalized spacial score (nSPS) is 27.8. The molecule has 2 atom stereocenters. The standard InChI is InChI=1S/C29H36N2O4/c1-33-16-17-34-25-5-3-2-4-23(25)21-6-7-24-22(18-21)8-11-29(12-13-29)27(24)30-28(32)35-26-19-31-14-9-20(26)10-15-31/h2-7,18,20,26-27H,8-17,19H2,1H3,(H,30,32)/t26-,27?/m0/s1. The lowest BCUT2D eigenvalue weighted by Gasteiger charge is -2.44. The van der Waals surface area contributed by atoms with Crippen LogP contribution in [0.15, 0.2) is 42.5 Å². The molecule has 3 heterocycles. The van der Waals surface area contributed by atoms with Gasteiger partial charge in [-0.2, -0.15) is 0 Å². The SMILES string of the molecule is COCCOc1ccccc1-c1ccc2c(c1)CCC1(CC1)C2NC(=O)O[C@H]1CN2CCC1CC2. The first-order chi connectivity index (χ1) is 17.1. The van der Waals surface area contributed by atoms with E-state index in [1.807, 2.05) is 18.2 Å². The van der Waals surface area contributed by atoms with E-state index in [1.165, 1.54) is 24.0 Å². The molecule has 1 unspecified atom stereocenters. The predicted octanol–water partition coefficient (Wildman–Crippen LogP) is 4.97. The highest BCUT2D eigenvalue weighted by atomic mass is 16.6. The number of carbonyl (C=O) groups excluding carboxylic acids is 1. The van der Waals surface area contributed by atoms with Gasteiger partial charge in [0.1, 0.15) is 18.5 Å². The van der Waals surface area contributed by atoms with Gasteiger partial charge in [0.25, 0.3) is 0 Å². The molecule has 186 valence electrons. The first kappa shape index (κ1) is 22.9. The molecular weight excluding hydrogens is 440 g/mol. The lowest BCUT2D eigenvalue weighted by Crippen LogP contribution is -2.53. The zero-order valence-electron chi connectivity index (χ0n) is 20.6. The number of hydrogen-bond acceptors (Lipinski definition) is 5. The zero-order chi connectivity index (χ0) is 23.8. The van der Waals surface area contributed by atoms with Crippen LogP contribution < -0.4 is 10.1 Å². The molecule has 1 amide bonds. The summed E-state index contributed by atoms with van der Waals surface area (Å²) in [6, 6.07) is 14.9. The fourth-order valence-electron chi connectivity index (χ4n) is 6.46. The van der Waals surface area contributed by atoms with Crippen molar-refractivity contribution < 1.29 is 19.0 Å². The van der Waals surface area contributed by atoms with Crippen LogP contribution in [0.5, 0.6) is 5.75 Å². The quantitative estimate of drug-likeness (QED) is 0.572. The average Bonchev–Trinajstić information content (AvgIpc) is 3.67. The van der Waals surface area contributed by atoms with E-state index in [4.69, 9.17) is 14.2 Å². The molecule has 1 N–H and O–H groups in total. The Bertz CT molecular complexity index is 1070. The minimum atomic E-state index is -0.242. The summed E-state index contributed by atoms with van der Waals surface area (Å²) in [5.74, 6) is 1.39. The number of piperidine rings is 3. The van der Waals surface area contributed by atoms with E-state index in [0.717, 1.165) is 62.2 Å². The van der Waals surface area contributed by atoms with E-state index >= 15 is 0 Å². The van der Waals surface area contributed by atoms with Crippen molar-refractivity contribution in [2.45, 2.75) is 50.7 Å². The maximum absolute atomic E-state index is 13.1. The molecule has 2 aromatic rings. The molecule has 1 spiro atoms. The second-order valence-corrected chi connectivity index (χ2v) is 10.8. The molecule has 4 fully saturated rings. The smallest absolute Gasteiger partial charge is 0.407 e. The number of para-hydroxylation sites is 1. The molecule has 7 rings (SSSR count). The van der Waals surface area contributed by atoms with E-state index in [2.05, 4.69) is 34.5 Å². The molecule has 0 radical (unpaired) electrons. The van der Waals surface area contributed by atoms with Gasteiger partial charge in [0, 0.05) is 19.2 Å². The first-order valence-electron chi connectivity index (χ1n) is 13.2. The molecular formula is C29H36N2O4. The summed E-state index contributed by atoms with van der Waals surface area (Å²) in [4.78, 5) is 15.5. The molecule has 0 aromatic heterocycles. The molecule has 2 aromatic carbocycles. The lowest BCUT2D eigenvalue weighted by atomic mass is 9.76. The summed E-state index contributed by atoms with van der Waals surface area (Å²) in [5.41, 5.74) is 5.01. The summed E-state index contributed by atoms with van der Waals surface area (Å²) >= 11 is 0. The number of hydrogen-bond donors (Lipinski definition) is 1. The van der Waals surface area contributed by atoms with Gasteiger partial charge in [-0.25, -0.2) is 4.79 Å². The topological polar surface area (TPSA) is 60.0 Å². The highest BCUT2D eigenvalue weighted by Gasteiger charge is 2.53. The summed E-state index contributed by atoms with van der Waals surface area (Å²) in [6.45, 7) is 4.26. The maximum atomic E-state index is 13.1. The van der Waals surface area contributed by atoms with Gasteiger partial charge in [-0.15, -0.1) is 0 Å². The number of amides is 1. The number of nitrogens with zero attached hydrogens (tertiary/aromatic N) is 1. The molecule has 1 saturated carbocycles. The van der Waals surface area contributed by atoms with Crippen molar-refractivity contribution >= 4 is 6.09 Å². The lowest BCUT2D eigenvalue weighted by molar-refractivity contribution is -0.0347. The number of aryl methyl sites for hydroxylation is 1. The Labute approximate surface area is 207 Å². The summed E-state index contributed by atoms with van der Waals surface area (Å²) in [6.07, 6.45) is 6.59. The molecule has 5 aliphatic rings. The van der Waals surface area contributed by atoms with Gasteiger partial charge >= 0.3 is 6.09 Å². The number of nitrogens with one attached hydrogen (secondary N) is 1. The van der Waals surface area contributed by atoms with Gasteiger partial charge in [-0.05, 0) is 85.7 Å². The Hall–Kier alpha value is -2.57. The molecule has 6 nitrogen and oxygen atoms in total. The van der Waals surface area contributed by atoms with Gasteiger partial charge in [0.05, 0.1) is 12.6 Å². The largest absolute Gasteiger partial charge is 0.491 e. The fraction of sp³-hybridized carbons (Fsp3) is 0.552. The Morgan fingerprint density at radius 3 is 2.66 bits per heavy atom. The van der Waals surface area contributed by atoms with Crippen LogP contribution in [-0.2, 0) is 15.9 Å². The van der Waals surface area contributed by atoms with Crippen LogP contribution in [0.4, 0.5) is 4.79 Å². The van der Waals surface area contributed by atoms with Crippen molar-refractivity contribution in [1.82, 2.24) is 10.2 Å². The van der Waals surface area contributed by atoms with E-state index < -0.39 is 0 Å². The van der Waals surface area contributed by atoms with Crippen LogP contribution in [-0.4, -0.2) is 57.1 Å². The number of fused-ring (bicyclic) bond motifs is 4. The second kappa shape index (κ2) is 9.47. The molecule has 6 heteroatoms. The minimum absolute atomic E-state index is 0.0297. The van der Waals surface area contributed by atoms with E-state index in [-0.39, 0.29) is 23.7 Å². The maximum Gasteiger partial charge on any atom is 0.407 e. The highest BCUT2D eigenvalue weighted by Crippen LogP contribution is 2.61. The van der Waals surface area contributed by atoms with Crippen molar-refractivity contribution in [3.8, 4) is 16.9 Å². The van der Waals surface area contributed by atoms with Gasteiger partial charge in [-0.3, -0.25) is 4.90 Å². The fourth-order valence-corrected chi connectivity index (χ4v) is 6.46. The van der Waals surface area contributed by atoms with Crippen LogP contribution in [0, 0.1) is 11.3 Å². The van der Waals surface area contributed by atoms with Crippen LogP contribution in [0.2, 0.25) is 0 Å². The van der Waals surface area contributed by atoms with Crippen molar-refractivity contribution in [1.29, 1.82) is 0 Å². The number of rotatable bonds is 7. The van der Waals surface area contributed by atoms with Gasteiger partial charge in [0.15, 0.2) is 0 Å². The molecule has 2 aliphatic carbocycles. The second-order valence-electron chi connectivity index (χ2n) is 10.8. The van der Waals surface area contributed by atoms with Crippen molar-refractivity contribution in [3.63, 3.8) is 0 Å². The molecule has 35 heavy (non-hydrogen) atoms. The van der Waals surface area contributed by atoms with Crippen LogP contribution in [0.1, 0.15) is 49.3 Å². The number of benzene rings is 2. The Morgan fingerprint density at radius 1 is 1.09 bits per heavy atom. The predicted molar refractivity (Wildman–Crippen MR) is 135 cm³/mol. The van der Waals surface area contributed by atoms with E-state index in [9.17, 15) is 4.79 Å². The van der Waals surface area contributed by atoms with Crippen molar-refractivity contribution in [3.05, 3.63) is 53.6 Å². The van der Waals surface area contributed by atoms with Crippen molar-refractivity contribution in [2.75, 3.05) is 40.0 Å². The molecule has 3 saturated heterocycles. The van der Waals surface area contributed by atoms with Crippen molar-refractivity contribution in [2.24, 2.45) is 11.3 Å². The number of carbonyl (C=O) groups is 1. The first-order valence-corrected chi connectivity index (χ1v) is 13.2. The Morgan fingerprint density at radius 2 is 1.91 bits per heavy atom. The van der Waals surface area contributed by atoms with Crippen LogP contribution >= 0.6 is 0 Å². The molecule has 2 bridgehead atoms. The number of methoxy groups -OCH3 is 1. The minimum Gasteiger partial charge on any atom is -0.491 e. The molecule has 3 aliphatic heterocycles. The van der Waals surface area contributed by atoms with Crippen LogP contribution in [0.25, 0.3) is 11.1 Å². The van der Waals surface area contributed by atoms with E-state index in [0.29, 0.717) is 19.1 Å². The third-order valence-corrected chi connectivity index (χ3v) is 8.71. The number of alkyl carbamates (subject to hydrolysis) is 1. The summed E-state index contributed by atoms with van der Waals surface area (Å²) in [5, 5.41) is 3.32. The Balaban J connectivity index is 1.21. The third-order valence-electron chi connectivity index (χ3n) is 8.71.